The summed E-state index contributed by atoms with van der Waals surface area (Å²) in [7, 11) is 0. The molecule has 4 rings (SSSR count). The lowest BCUT2D eigenvalue weighted by Crippen LogP contribution is -2.41. The van der Waals surface area contributed by atoms with Crippen molar-refractivity contribution in [3.05, 3.63) is 81.0 Å². The van der Waals surface area contributed by atoms with Gasteiger partial charge >= 0.3 is 5.97 Å². The SMILES string of the molecule is CCOC(=O)C1C(=N)OC2=C(C(=O)CC(c3ccccc3Cl)C2)C1c1ccccc1Cl. The molecule has 2 aromatic rings. The first-order valence-electron chi connectivity index (χ1n) is 10.1. The normalized spacial score (nSPS) is 23.3. The van der Waals surface area contributed by atoms with E-state index in [2.05, 4.69) is 0 Å². The van der Waals surface area contributed by atoms with Crippen LogP contribution >= 0.6 is 23.2 Å². The van der Waals surface area contributed by atoms with Crippen molar-refractivity contribution in [3.8, 4) is 0 Å². The molecule has 0 saturated carbocycles. The summed E-state index contributed by atoms with van der Waals surface area (Å²) < 4.78 is 11.0. The minimum absolute atomic E-state index is 0.141. The Morgan fingerprint density at radius 1 is 1.06 bits per heavy atom. The number of ketones is 1. The van der Waals surface area contributed by atoms with Crippen LogP contribution in [-0.2, 0) is 19.1 Å². The Balaban J connectivity index is 1.83. The second-order valence-corrected chi connectivity index (χ2v) is 8.40. The van der Waals surface area contributed by atoms with Gasteiger partial charge in [0.05, 0.1) is 6.61 Å². The topological polar surface area (TPSA) is 76.5 Å². The Bertz CT molecular complexity index is 1090. The number of hydrogen-bond donors (Lipinski definition) is 1. The lowest BCUT2D eigenvalue weighted by molar-refractivity contribution is -0.146. The van der Waals surface area contributed by atoms with Crippen molar-refractivity contribution in [2.75, 3.05) is 6.61 Å². The highest BCUT2D eigenvalue weighted by molar-refractivity contribution is 6.32. The summed E-state index contributed by atoms with van der Waals surface area (Å²) in [5.41, 5.74) is 1.86. The molecule has 160 valence electrons. The number of Topliss-reactive ketones (excluding diaryl/α,β-unsaturated/α-hetero) is 1. The molecule has 1 heterocycles. The van der Waals surface area contributed by atoms with E-state index in [0.29, 0.717) is 33.4 Å². The van der Waals surface area contributed by atoms with Crippen LogP contribution in [0, 0.1) is 11.3 Å². The standard InChI is InChI=1S/C24H21Cl2NO4/c1-2-30-24(29)22-20(15-8-4-6-10-17(15)26)21-18(28)11-13(12-19(21)31-23(22)27)14-7-3-5-9-16(14)25/h3-10,13,20,22,27H,2,11-12H2,1H3. The monoisotopic (exact) mass is 457 g/mol. The first-order chi connectivity index (χ1) is 14.9. The number of nitrogens with one attached hydrogen (secondary N) is 1. The van der Waals surface area contributed by atoms with Gasteiger partial charge in [0.25, 0.3) is 0 Å². The van der Waals surface area contributed by atoms with Crippen LogP contribution < -0.4 is 0 Å². The van der Waals surface area contributed by atoms with Crippen LogP contribution in [0.2, 0.25) is 10.0 Å². The largest absolute Gasteiger partial charge is 0.465 e. The zero-order valence-corrected chi connectivity index (χ0v) is 18.4. The minimum atomic E-state index is -1.07. The first kappa shape index (κ1) is 21.6. The zero-order valence-electron chi connectivity index (χ0n) is 16.9. The summed E-state index contributed by atoms with van der Waals surface area (Å²) in [4.78, 5) is 26.2. The van der Waals surface area contributed by atoms with Gasteiger partial charge in [-0.25, -0.2) is 0 Å². The number of ether oxygens (including phenoxy) is 2. The molecular formula is C24H21Cl2NO4. The van der Waals surface area contributed by atoms with Gasteiger partial charge in [0.15, 0.2) is 5.78 Å². The summed E-state index contributed by atoms with van der Waals surface area (Å²) in [6.07, 6.45) is 0.638. The van der Waals surface area contributed by atoms with E-state index in [0.717, 1.165) is 5.56 Å². The second kappa shape index (κ2) is 8.85. The summed E-state index contributed by atoms with van der Waals surface area (Å²) in [5, 5.41) is 9.48. The van der Waals surface area contributed by atoms with E-state index in [-0.39, 0.29) is 30.6 Å². The van der Waals surface area contributed by atoms with Crippen LogP contribution in [0.4, 0.5) is 0 Å². The van der Waals surface area contributed by atoms with E-state index in [4.69, 9.17) is 38.1 Å². The Hall–Kier alpha value is -2.63. The van der Waals surface area contributed by atoms with Gasteiger partial charge in [-0.2, -0.15) is 0 Å². The molecule has 3 unspecified atom stereocenters. The highest BCUT2D eigenvalue weighted by atomic mass is 35.5. The van der Waals surface area contributed by atoms with Gasteiger partial charge in [0.2, 0.25) is 5.90 Å². The van der Waals surface area contributed by atoms with E-state index in [1.165, 1.54) is 0 Å². The lowest BCUT2D eigenvalue weighted by Gasteiger charge is -2.38. The summed E-state index contributed by atoms with van der Waals surface area (Å²) in [6, 6.07) is 14.5. The molecule has 0 aromatic heterocycles. The maximum absolute atomic E-state index is 13.4. The first-order valence-corrected chi connectivity index (χ1v) is 10.9. The number of rotatable bonds is 4. The molecule has 0 amide bonds. The van der Waals surface area contributed by atoms with E-state index in [1.807, 2.05) is 18.2 Å². The van der Waals surface area contributed by atoms with E-state index < -0.39 is 17.8 Å². The van der Waals surface area contributed by atoms with Crippen molar-refractivity contribution in [1.29, 1.82) is 5.41 Å². The number of hydrogen-bond acceptors (Lipinski definition) is 5. The Kier molecular flexibility index (Phi) is 6.17. The van der Waals surface area contributed by atoms with Gasteiger partial charge in [-0.3, -0.25) is 15.0 Å². The van der Waals surface area contributed by atoms with Crippen molar-refractivity contribution in [3.63, 3.8) is 0 Å². The highest BCUT2D eigenvalue weighted by Crippen LogP contribution is 2.49. The third-order valence-electron chi connectivity index (χ3n) is 5.75. The number of carbonyl (C=O) groups excluding carboxylic acids is 2. The van der Waals surface area contributed by atoms with Crippen LogP contribution in [0.15, 0.2) is 59.9 Å². The summed E-state index contributed by atoms with van der Waals surface area (Å²) >= 11 is 12.8. The van der Waals surface area contributed by atoms with Crippen molar-refractivity contribution in [2.45, 2.75) is 31.6 Å². The fourth-order valence-electron chi connectivity index (χ4n) is 4.42. The van der Waals surface area contributed by atoms with Crippen LogP contribution in [0.1, 0.15) is 42.7 Å². The zero-order chi connectivity index (χ0) is 22.1. The van der Waals surface area contributed by atoms with E-state index in [9.17, 15) is 9.59 Å². The second-order valence-electron chi connectivity index (χ2n) is 7.58. The molecule has 1 aliphatic carbocycles. The molecule has 3 atom stereocenters. The van der Waals surface area contributed by atoms with Gasteiger partial charge < -0.3 is 9.47 Å². The molecule has 7 heteroatoms. The molecule has 1 aliphatic heterocycles. The predicted molar refractivity (Wildman–Crippen MR) is 119 cm³/mol. The van der Waals surface area contributed by atoms with Gasteiger partial charge in [0, 0.05) is 34.4 Å². The van der Waals surface area contributed by atoms with Crippen LogP contribution in [0.25, 0.3) is 0 Å². The number of halogens is 2. The van der Waals surface area contributed by atoms with Crippen molar-refractivity contribution in [1.82, 2.24) is 0 Å². The fraction of sp³-hybridized carbons (Fsp3) is 0.292. The molecule has 2 aromatic carbocycles. The van der Waals surface area contributed by atoms with Gasteiger partial charge in [-0.05, 0) is 36.1 Å². The average Bonchev–Trinajstić information content (AvgIpc) is 2.73. The number of benzene rings is 2. The molecule has 0 radical (unpaired) electrons. The number of allylic oxidation sites excluding steroid dienone is 2. The van der Waals surface area contributed by atoms with Gasteiger partial charge in [-0.1, -0.05) is 59.6 Å². The minimum Gasteiger partial charge on any atom is -0.465 e. The maximum atomic E-state index is 13.4. The fourth-order valence-corrected chi connectivity index (χ4v) is 4.96. The lowest BCUT2D eigenvalue weighted by atomic mass is 9.71. The average molecular weight is 458 g/mol. The van der Waals surface area contributed by atoms with Crippen molar-refractivity contribution in [2.24, 2.45) is 5.92 Å². The summed E-state index contributed by atoms with van der Waals surface area (Å²) in [6.45, 7) is 1.85. The maximum Gasteiger partial charge on any atom is 0.319 e. The van der Waals surface area contributed by atoms with Gasteiger partial charge in [-0.15, -0.1) is 0 Å². The summed E-state index contributed by atoms with van der Waals surface area (Å²) in [5.74, 6) is -2.56. The number of esters is 1. The molecule has 31 heavy (non-hydrogen) atoms. The van der Waals surface area contributed by atoms with E-state index in [1.54, 1.807) is 37.3 Å². The molecule has 5 nitrogen and oxygen atoms in total. The number of carbonyl (C=O) groups is 2. The van der Waals surface area contributed by atoms with Gasteiger partial charge in [0.1, 0.15) is 11.7 Å². The quantitative estimate of drug-likeness (QED) is 0.600. The predicted octanol–water partition coefficient (Wildman–Crippen LogP) is 5.66. The molecule has 1 N–H and O–H groups in total. The Labute approximate surface area is 190 Å². The molecule has 0 spiro atoms. The molecule has 0 fully saturated rings. The Morgan fingerprint density at radius 2 is 1.68 bits per heavy atom. The highest BCUT2D eigenvalue weighted by Gasteiger charge is 2.48. The van der Waals surface area contributed by atoms with E-state index >= 15 is 0 Å². The third-order valence-corrected chi connectivity index (χ3v) is 6.44. The molecule has 0 saturated heterocycles. The van der Waals surface area contributed by atoms with Crippen molar-refractivity contribution >= 4 is 40.9 Å². The van der Waals surface area contributed by atoms with Crippen LogP contribution in [-0.4, -0.2) is 24.3 Å². The van der Waals surface area contributed by atoms with Crippen LogP contribution in [0.3, 0.4) is 0 Å². The Morgan fingerprint density at radius 3 is 2.29 bits per heavy atom. The molecule has 2 aliphatic rings. The van der Waals surface area contributed by atoms with Crippen molar-refractivity contribution < 1.29 is 19.1 Å². The smallest absolute Gasteiger partial charge is 0.319 e. The van der Waals surface area contributed by atoms with Crippen LogP contribution in [0.5, 0.6) is 0 Å². The molecule has 0 bridgehead atoms. The molecular weight excluding hydrogens is 437 g/mol. The third kappa shape index (κ3) is 4.00.